The van der Waals surface area contributed by atoms with Crippen LogP contribution in [0.4, 0.5) is 0 Å². The Labute approximate surface area is 109 Å². The molecule has 1 rings (SSSR count). The van der Waals surface area contributed by atoms with Gasteiger partial charge in [0.1, 0.15) is 0 Å². The van der Waals surface area contributed by atoms with E-state index in [4.69, 9.17) is 21.1 Å². The molecule has 0 fully saturated rings. The first-order chi connectivity index (χ1) is 7.72. The fourth-order valence-corrected chi connectivity index (χ4v) is 1.76. The fraction of sp³-hybridized carbons (Fsp3) is 0.333. The van der Waals surface area contributed by atoms with Crippen LogP contribution in [0.1, 0.15) is 12.5 Å². The van der Waals surface area contributed by atoms with Gasteiger partial charge in [0, 0.05) is 5.33 Å². The molecule has 0 saturated carbocycles. The highest BCUT2D eigenvalue weighted by atomic mass is 79.9. The number of rotatable bonds is 5. The molecule has 0 bridgehead atoms. The SMILES string of the molecule is CCOc1c(Cl)cc(C=CCBr)cc1OC. The average molecular weight is 306 g/mol. The van der Waals surface area contributed by atoms with Crippen molar-refractivity contribution in [1.29, 1.82) is 0 Å². The molecule has 0 radical (unpaired) electrons. The van der Waals surface area contributed by atoms with E-state index in [0.29, 0.717) is 23.1 Å². The molecule has 0 amide bonds. The van der Waals surface area contributed by atoms with Gasteiger partial charge in [-0.3, -0.25) is 0 Å². The molecule has 2 nitrogen and oxygen atoms in total. The number of methoxy groups -OCH3 is 1. The highest BCUT2D eigenvalue weighted by molar-refractivity contribution is 9.09. The lowest BCUT2D eigenvalue weighted by molar-refractivity contribution is 0.311. The first-order valence-electron chi connectivity index (χ1n) is 4.95. The molecule has 0 spiro atoms. The molecule has 0 saturated heterocycles. The molecule has 4 heteroatoms. The molecule has 0 atom stereocenters. The molecule has 0 aliphatic heterocycles. The predicted molar refractivity (Wildman–Crippen MR) is 72.0 cm³/mol. The predicted octanol–water partition coefficient (Wildman–Crippen LogP) is 4.16. The molecule has 0 aromatic heterocycles. The zero-order valence-corrected chi connectivity index (χ0v) is 11.6. The minimum atomic E-state index is 0.562. The second-order valence-electron chi connectivity index (χ2n) is 3.02. The van der Waals surface area contributed by atoms with Gasteiger partial charge in [0.15, 0.2) is 11.5 Å². The van der Waals surface area contributed by atoms with Gasteiger partial charge in [-0.25, -0.2) is 0 Å². The monoisotopic (exact) mass is 304 g/mol. The molecule has 1 aromatic rings. The molecular formula is C12H14BrClO2. The quantitative estimate of drug-likeness (QED) is 0.761. The third-order valence-electron chi connectivity index (χ3n) is 1.94. The number of ether oxygens (including phenoxy) is 2. The summed E-state index contributed by atoms with van der Waals surface area (Å²) < 4.78 is 10.7. The van der Waals surface area contributed by atoms with Crippen molar-refractivity contribution in [2.24, 2.45) is 0 Å². The standard InChI is InChI=1S/C12H14BrClO2/c1-3-16-12-10(14)7-9(5-4-6-13)8-11(12)15-2/h4-5,7-8H,3,6H2,1-2H3. The first-order valence-corrected chi connectivity index (χ1v) is 6.45. The van der Waals surface area contributed by atoms with Crippen molar-refractivity contribution in [3.8, 4) is 11.5 Å². The van der Waals surface area contributed by atoms with Crippen molar-refractivity contribution in [1.82, 2.24) is 0 Å². The van der Waals surface area contributed by atoms with E-state index in [-0.39, 0.29) is 0 Å². The molecule has 0 aliphatic rings. The number of benzene rings is 1. The van der Waals surface area contributed by atoms with Crippen LogP contribution in [-0.2, 0) is 0 Å². The van der Waals surface area contributed by atoms with E-state index in [2.05, 4.69) is 15.9 Å². The molecule has 0 aliphatic carbocycles. The summed E-state index contributed by atoms with van der Waals surface area (Å²) in [6, 6.07) is 3.75. The summed E-state index contributed by atoms with van der Waals surface area (Å²) in [6.45, 7) is 2.47. The van der Waals surface area contributed by atoms with Gasteiger partial charge in [0.25, 0.3) is 0 Å². The van der Waals surface area contributed by atoms with Gasteiger partial charge in [0.2, 0.25) is 0 Å². The highest BCUT2D eigenvalue weighted by Crippen LogP contribution is 2.36. The Morgan fingerprint density at radius 2 is 2.19 bits per heavy atom. The summed E-state index contributed by atoms with van der Waals surface area (Å²) in [6.07, 6.45) is 3.96. The third kappa shape index (κ3) is 3.42. The Morgan fingerprint density at radius 3 is 2.75 bits per heavy atom. The van der Waals surface area contributed by atoms with Crippen LogP contribution in [0.2, 0.25) is 5.02 Å². The van der Waals surface area contributed by atoms with E-state index in [1.165, 1.54) is 0 Å². The van der Waals surface area contributed by atoms with Crippen molar-refractivity contribution in [3.63, 3.8) is 0 Å². The molecular weight excluding hydrogens is 291 g/mol. The molecule has 16 heavy (non-hydrogen) atoms. The van der Waals surface area contributed by atoms with Crippen molar-refractivity contribution in [3.05, 3.63) is 28.8 Å². The summed E-state index contributed by atoms with van der Waals surface area (Å²) in [5, 5.41) is 1.37. The van der Waals surface area contributed by atoms with Gasteiger partial charge in [-0.15, -0.1) is 0 Å². The Hall–Kier alpha value is -0.670. The number of hydrogen-bond donors (Lipinski definition) is 0. The number of alkyl halides is 1. The van der Waals surface area contributed by atoms with Gasteiger partial charge >= 0.3 is 0 Å². The lowest BCUT2D eigenvalue weighted by Gasteiger charge is -2.11. The Balaban J connectivity index is 3.10. The van der Waals surface area contributed by atoms with Crippen LogP contribution in [0.25, 0.3) is 6.08 Å². The Morgan fingerprint density at radius 1 is 1.44 bits per heavy atom. The van der Waals surface area contributed by atoms with E-state index in [0.717, 1.165) is 10.9 Å². The topological polar surface area (TPSA) is 18.5 Å². The summed E-state index contributed by atoms with van der Waals surface area (Å²) >= 11 is 9.44. The number of halogens is 2. The van der Waals surface area contributed by atoms with Crippen molar-refractivity contribution < 1.29 is 9.47 Å². The summed E-state index contributed by atoms with van der Waals surface area (Å²) in [7, 11) is 1.60. The average Bonchev–Trinajstić information content (AvgIpc) is 2.29. The van der Waals surface area contributed by atoms with Crippen LogP contribution in [0.3, 0.4) is 0 Å². The zero-order chi connectivity index (χ0) is 12.0. The third-order valence-corrected chi connectivity index (χ3v) is 2.59. The van der Waals surface area contributed by atoms with Crippen LogP contribution < -0.4 is 9.47 Å². The Kier molecular flexibility index (Phi) is 5.71. The van der Waals surface area contributed by atoms with Gasteiger partial charge in [-0.1, -0.05) is 39.7 Å². The van der Waals surface area contributed by atoms with E-state index in [9.17, 15) is 0 Å². The van der Waals surface area contributed by atoms with E-state index < -0.39 is 0 Å². The minimum absolute atomic E-state index is 0.562. The molecule has 88 valence electrons. The molecule has 1 aromatic carbocycles. The van der Waals surface area contributed by atoms with Crippen LogP contribution in [0.5, 0.6) is 11.5 Å². The summed E-state index contributed by atoms with van der Waals surface area (Å²) in [5.74, 6) is 1.26. The maximum atomic E-state index is 6.12. The maximum absolute atomic E-state index is 6.12. The zero-order valence-electron chi connectivity index (χ0n) is 9.30. The van der Waals surface area contributed by atoms with Crippen molar-refractivity contribution in [2.75, 3.05) is 19.0 Å². The Bertz CT molecular complexity index is 378. The minimum Gasteiger partial charge on any atom is -0.493 e. The van der Waals surface area contributed by atoms with Gasteiger partial charge < -0.3 is 9.47 Å². The number of allylic oxidation sites excluding steroid dienone is 1. The van der Waals surface area contributed by atoms with Crippen LogP contribution >= 0.6 is 27.5 Å². The molecule has 0 heterocycles. The smallest absolute Gasteiger partial charge is 0.179 e. The summed E-state index contributed by atoms with van der Waals surface area (Å²) in [5.41, 5.74) is 0.991. The molecule has 0 unspecified atom stereocenters. The van der Waals surface area contributed by atoms with Gasteiger partial charge in [0.05, 0.1) is 18.7 Å². The van der Waals surface area contributed by atoms with E-state index in [1.54, 1.807) is 7.11 Å². The normalized spacial score (nSPS) is 10.8. The largest absolute Gasteiger partial charge is 0.493 e. The lowest BCUT2D eigenvalue weighted by atomic mass is 10.2. The summed E-state index contributed by atoms with van der Waals surface area (Å²) in [4.78, 5) is 0. The lowest BCUT2D eigenvalue weighted by Crippen LogP contribution is -1.96. The highest BCUT2D eigenvalue weighted by Gasteiger charge is 2.10. The van der Waals surface area contributed by atoms with Crippen molar-refractivity contribution >= 4 is 33.6 Å². The number of hydrogen-bond acceptors (Lipinski definition) is 2. The van der Waals surface area contributed by atoms with Crippen LogP contribution in [0.15, 0.2) is 18.2 Å². The van der Waals surface area contributed by atoms with Crippen molar-refractivity contribution in [2.45, 2.75) is 6.92 Å². The van der Waals surface area contributed by atoms with E-state index >= 15 is 0 Å². The second-order valence-corrected chi connectivity index (χ2v) is 4.08. The van der Waals surface area contributed by atoms with E-state index in [1.807, 2.05) is 31.2 Å². The maximum Gasteiger partial charge on any atom is 0.179 e. The van der Waals surface area contributed by atoms with Crippen LogP contribution in [-0.4, -0.2) is 19.0 Å². The first kappa shape index (κ1) is 13.4. The molecule has 0 N–H and O–H groups in total. The fourth-order valence-electron chi connectivity index (χ4n) is 1.30. The van der Waals surface area contributed by atoms with Gasteiger partial charge in [-0.2, -0.15) is 0 Å². The second kappa shape index (κ2) is 6.81. The van der Waals surface area contributed by atoms with Gasteiger partial charge in [-0.05, 0) is 24.6 Å². The van der Waals surface area contributed by atoms with Crippen LogP contribution in [0, 0.1) is 0 Å².